The summed E-state index contributed by atoms with van der Waals surface area (Å²) in [5, 5.41) is 36.7. The molecule has 10 heteroatoms. The van der Waals surface area contributed by atoms with Gasteiger partial charge >= 0.3 is 0 Å². The molecule has 6 rings (SSSR count). The summed E-state index contributed by atoms with van der Waals surface area (Å²) in [6.45, 7) is 2.08. The maximum atomic E-state index is 12.0. The minimum absolute atomic E-state index is 0.0669. The smallest absolute Gasteiger partial charge is 0.248 e. The number of fused-ring (bicyclic) bond motifs is 1. The molecule has 2 atom stereocenters. The molecule has 3 aromatic carbocycles. The Morgan fingerprint density at radius 3 is 2.49 bits per heavy atom. The minimum Gasteiger partial charge on any atom is -0.377 e. The molecule has 1 amide bonds. The number of benzene rings is 3. The van der Waals surface area contributed by atoms with Gasteiger partial charge in [-0.3, -0.25) is 9.78 Å². The Labute approximate surface area is 248 Å². The van der Waals surface area contributed by atoms with Crippen LogP contribution in [0.4, 0.5) is 11.4 Å². The van der Waals surface area contributed by atoms with Crippen LogP contribution in [-0.2, 0) is 0 Å². The summed E-state index contributed by atoms with van der Waals surface area (Å²) in [5.74, 6) is -0.533. The van der Waals surface area contributed by atoms with Crippen LogP contribution in [0.2, 0.25) is 0 Å². The maximum absolute atomic E-state index is 12.0. The molecular weight excluding hydrogens is 538 g/mol. The van der Waals surface area contributed by atoms with Gasteiger partial charge in [-0.15, -0.1) is 5.10 Å². The van der Waals surface area contributed by atoms with Gasteiger partial charge in [0.2, 0.25) is 5.91 Å². The number of nitrogens with two attached hydrogens (primary N) is 1. The molecule has 0 saturated heterocycles. The zero-order valence-corrected chi connectivity index (χ0v) is 23.5. The van der Waals surface area contributed by atoms with E-state index < -0.39 is 11.9 Å². The van der Waals surface area contributed by atoms with Crippen molar-refractivity contribution in [2.45, 2.75) is 44.3 Å². The average molecular weight is 568 g/mol. The Kier molecular flexibility index (Phi) is 7.42. The molecular formula is C33H29N9O. The van der Waals surface area contributed by atoms with Gasteiger partial charge in [0.05, 0.1) is 46.7 Å². The van der Waals surface area contributed by atoms with Crippen molar-refractivity contribution in [2.75, 3.05) is 10.6 Å². The first kappa shape index (κ1) is 27.4. The number of pyridine rings is 1. The first-order chi connectivity index (χ1) is 21.0. The third kappa shape index (κ3) is 5.59. The van der Waals surface area contributed by atoms with Crippen LogP contribution >= 0.6 is 0 Å². The highest BCUT2D eigenvalue weighted by Crippen LogP contribution is 2.37. The zero-order chi connectivity index (χ0) is 29.9. The van der Waals surface area contributed by atoms with Gasteiger partial charge in [-0.05, 0) is 54.7 Å². The second-order valence-corrected chi connectivity index (χ2v) is 10.6. The van der Waals surface area contributed by atoms with Crippen LogP contribution in [0, 0.1) is 22.7 Å². The second kappa shape index (κ2) is 11.6. The van der Waals surface area contributed by atoms with E-state index in [0.717, 1.165) is 30.4 Å². The van der Waals surface area contributed by atoms with Crippen molar-refractivity contribution in [3.8, 4) is 12.1 Å². The van der Waals surface area contributed by atoms with Crippen molar-refractivity contribution in [1.29, 1.82) is 10.5 Å². The van der Waals surface area contributed by atoms with Gasteiger partial charge in [-0.25, -0.2) is 4.68 Å². The lowest BCUT2D eigenvalue weighted by Gasteiger charge is -2.22. The summed E-state index contributed by atoms with van der Waals surface area (Å²) in [6, 6.07) is 25.0. The van der Waals surface area contributed by atoms with Crippen LogP contribution in [0.25, 0.3) is 10.9 Å². The summed E-state index contributed by atoms with van der Waals surface area (Å²) < 4.78 is 1.86. The fraction of sp³-hybridized carbons (Fsp3) is 0.212. The molecule has 4 N–H and O–H groups in total. The highest BCUT2D eigenvalue weighted by atomic mass is 16.1. The Balaban J connectivity index is 1.47. The number of hydrogen-bond donors (Lipinski definition) is 3. The van der Waals surface area contributed by atoms with Crippen LogP contribution in [0.15, 0.2) is 79.1 Å². The number of anilines is 2. The molecule has 0 radical (unpaired) electrons. The zero-order valence-electron chi connectivity index (χ0n) is 23.5. The molecule has 5 aromatic rings. The highest BCUT2D eigenvalue weighted by molar-refractivity contribution is 5.99. The van der Waals surface area contributed by atoms with Gasteiger partial charge in [0, 0.05) is 22.8 Å². The van der Waals surface area contributed by atoms with Crippen LogP contribution < -0.4 is 16.4 Å². The largest absolute Gasteiger partial charge is 0.377 e. The topological polar surface area (TPSA) is 158 Å². The molecule has 212 valence electrons. The molecule has 1 fully saturated rings. The number of primary amides is 1. The third-order valence-corrected chi connectivity index (χ3v) is 7.70. The highest BCUT2D eigenvalue weighted by Gasteiger charge is 2.27. The van der Waals surface area contributed by atoms with E-state index in [4.69, 9.17) is 5.73 Å². The van der Waals surface area contributed by atoms with Gasteiger partial charge < -0.3 is 16.4 Å². The Morgan fingerprint density at radius 2 is 1.79 bits per heavy atom. The van der Waals surface area contributed by atoms with Crippen molar-refractivity contribution in [3.63, 3.8) is 0 Å². The van der Waals surface area contributed by atoms with E-state index in [0.29, 0.717) is 50.7 Å². The van der Waals surface area contributed by atoms with Crippen LogP contribution in [0.5, 0.6) is 0 Å². The first-order valence-electron chi connectivity index (χ1n) is 14.2. The molecule has 1 aliphatic carbocycles. The van der Waals surface area contributed by atoms with Gasteiger partial charge in [0.15, 0.2) is 0 Å². The van der Waals surface area contributed by atoms with Gasteiger partial charge in [-0.2, -0.15) is 10.5 Å². The summed E-state index contributed by atoms with van der Waals surface area (Å²) in [5.41, 5.74) is 10.9. The number of hydrogen-bond acceptors (Lipinski definition) is 8. The Bertz CT molecular complexity index is 1900. The normalized spacial score (nSPS) is 13.9. The van der Waals surface area contributed by atoms with Crippen molar-refractivity contribution >= 4 is 28.2 Å². The number of aromatic nitrogens is 4. The Morgan fingerprint density at radius 1 is 1.02 bits per heavy atom. The molecule has 2 unspecified atom stereocenters. The monoisotopic (exact) mass is 567 g/mol. The van der Waals surface area contributed by atoms with Gasteiger partial charge in [0.1, 0.15) is 17.8 Å². The molecule has 43 heavy (non-hydrogen) atoms. The van der Waals surface area contributed by atoms with Crippen LogP contribution in [-0.4, -0.2) is 25.9 Å². The molecule has 0 spiro atoms. The summed E-state index contributed by atoms with van der Waals surface area (Å²) in [6.07, 6.45) is 6.30. The fourth-order valence-electron chi connectivity index (χ4n) is 5.30. The van der Waals surface area contributed by atoms with Crippen LogP contribution in [0.3, 0.4) is 0 Å². The molecule has 0 bridgehead atoms. The Hall–Kier alpha value is -5.74. The third-order valence-electron chi connectivity index (χ3n) is 7.70. The van der Waals surface area contributed by atoms with Gasteiger partial charge in [-0.1, -0.05) is 54.6 Å². The van der Waals surface area contributed by atoms with E-state index in [2.05, 4.69) is 45.0 Å². The number of carbonyl (C=O) groups is 1. The quantitative estimate of drug-likeness (QED) is 0.192. The molecule has 1 aliphatic rings. The molecule has 0 aliphatic heterocycles. The number of rotatable bonds is 10. The van der Waals surface area contributed by atoms with Gasteiger partial charge in [0.25, 0.3) is 0 Å². The summed E-state index contributed by atoms with van der Waals surface area (Å²) in [7, 11) is 0. The predicted molar refractivity (Wildman–Crippen MR) is 163 cm³/mol. The van der Waals surface area contributed by atoms with Crippen LogP contribution in [0.1, 0.15) is 82.6 Å². The number of amides is 1. The number of nitriles is 2. The number of nitrogens with zero attached hydrogens (tertiary/aromatic N) is 6. The van der Waals surface area contributed by atoms with Crippen molar-refractivity contribution in [3.05, 3.63) is 113 Å². The van der Waals surface area contributed by atoms with E-state index in [-0.39, 0.29) is 6.04 Å². The lowest BCUT2D eigenvalue weighted by Crippen LogP contribution is -2.16. The van der Waals surface area contributed by atoms with E-state index in [9.17, 15) is 15.3 Å². The van der Waals surface area contributed by atoms with Crippen molar-refractivity contribution in [1.82, 2.24) is 20.0 Å². The number of carbonyl (C=O) groups excluding carboxylic acids is 1. The second-order valence-electron chi connectivity index (χ2n) is 10.6. The molecule has 2 aromatic heterocycles. The number of nitrogens with one attached hydrogen (secondary N) is 2. The molecule has 2 heterocycles. The SMILES string of the molecule is CCC(Nc1c(C#N)cnc2c(C#N)cc(NC(c3cccc(C(N)=O)c3)c3cn(C4CC4)nn3)cc12)c1ccccc1. The lowest BCUT2D eigenvalue weighted by atomic mass is 9.99. The van der Waals surface area contributed by atoms with E-state index in [1.807, 2.05) is 53.3 Å². The standard InChI is InChI=1S/C33H29N9O/c1-2-28(20-7-4-3-5-8-20)39-31-24(17-35)18-37-30-23(16-34)14-25(15-27(30)31)38-32(21-9-6-10-22(13-21)33(36)43)29-19-42(41-40-29)26-11-12-26/h3-10,13-15,18-19,26,28,32,38H,2,11-12H2,1H3,(H2,36,43)(H,37,39). The van der Waals surface area contributed by atoms with Crippen molar-refractivity contribution < 1.29 is 4.79 Å². The summed E-state index contributed by atoms with van der Waals surface area (Å²) >= 11 is 0. The summed E-state index contributed by atoms with van der Waals surface area (Å²) in [4.78, 5) is 16.5. The molecule has 1 saturated carbocycles. The minimum atomic E-state index is -0.533. The van der Waals surface area contributed by atoms with Crippen molar-refractivity contribution in [2.24, 2.45) is 5.73 Å². The molecule has 10 nitrogen and oxygen atoms in total. The van der Waals surface area contributed by atoms with E-state index in [1.54, 1.807) is 24.3 Å². The fourth-order valence-corrected chi connectivity index (χ4v) is 5.30. The lowest BCUT2D eigenvalue weighted by molar-refractivity contribution is 0.1000. The van der Waals surface area contributed by atoms with E-state index >= 15 is 0 Å². The predicted octanol–water partition coefficient (Wildman–Crippen LogP) is 5.77. The average Bonchev–Trinajstić information content (AvgIpc) is 3.78. The van der Waals surface area contributed by atoms with E-state index in [1.165, 1.54) is 6.20 Å². The first-order valence-corrected chi connectivity index (χ1v) is 14.2. The maximum Gasteiger partial charge on any atom is 0.248 e.